The van der Waals surface area contributed by atoms with Gasteiger partial charge in [-0.25, -0.2) is 0 Å². The van der Waals surface area contributed by atoms with Crippen molar-refractivity contribution >= 4 is 45.6 Å². The average molecular weight is 535 g/mol. The van der Waals surface area contributed by atoms with Crippen molar-refractivity contribution in [2.45, 2.75) is 6.54 Å². The highest BCUT2D eigenvalue weighted by Gasteiger charge is 2.27. The van der Waals surface area contributed by atoms with E-state index >= 15 is 0 Å². The third kappa shape index (κ3) is 4.94. The molecule has 2 aliphatic heterocycles. The van der Waals surface area contributed by atoms with Crippen LogP contribution in [0, 0.1) is 0 Å². The summed E-state index contributed by atoms with van der Waals surface area (Å²) in [4.78, 5) is 41.6. The van der Waals surface area contributed by atoms with E-state index < -0.39 is 17.7 Å². The summed E-state index contributed by atoms with van der Waals surface area (Å²) in [7, 11) is 2.14. The summed E-state index contributed by atoms with van der Waals surface area (Å²) in [6.45, 7) is 4.17. The van der Waals surface area contributed by atoms with Gasteiger partial charge < -0.3 is 25.4 Å². The van der Waals surface area contributed by atoms with E-state index in [1.165, 1.54) is 5.69 Å². The number of carbonyl (C=O) groups excluding carboxylic acids is 3. The summed E-state index contributed by atoms with van der Waals surface area (Å²) in [6.07, 6.45) is 3.49. The number of rotatable bonds is 6. The Labute approximate surface area is 231 Å². The summed E-state index contributed by atoms with van der Waals surface area (Å²) in [6, 6.07) is 21.5. The van der Waals surface area contributed by atoms with E-state index in [0.29, 0.717) is 16.7 Å². The van der Waals surface area contributed by atoms with Crippen LogP contribution in [-0.2, 0) is 16.1 Å². The topological polar surface area (TPSA) is 113 Å². The van der Waals surface area contributed by atoms with Gasteiger partial charge in [0.05, 0.1) is 5.57 Å². The number of piperazine rings is 1. The van der Waals surface area contributed by atoms with Crippen LogP contribution in [-0.4, -0.2) is 60.4 Å². The molecule has 3 aromatic carbocycles. The molecule has 1 aromatic heterocycles. The standard InChI is InChI=1S/C31H30N6O3/c1-35-12-14-36(15-13-35)24-6-4-23(5-7-24)33-18-27-26-17-21(2-8-25(26)30(39)34-31(27)40)20-3-9-28-22(16-20)10-11-37(28)19-29(32)38/h2-11,16-18,33H,12-15,19H2,1H3,(H2,32,38)(H,34,39,40)/b27-18-. The lowest BCUT2D eigenvalue weighted by atomic mass is 9.91. The summed E-state index contributed by atoms with van der Waals surface area (Å²) in [5.74, 6) is -1.27. The number of aromatic nitrogens is 1. The van der Waals surface area contributed by atoms with Crippen molar-refractivity contribution in [2.75, 3.05) is 43.4 Å². The predicted octanol–water partition coefficient (Wildman–Crippen LogP) is 3.27. The molecule has 1 fully saturated rings. The molecule has 3 heterocycles. The normalized spacial score (nSPS) is 16.7. The van der Waals surface area contributed by atoms with E-state index in [1.807, 2.05) is 59.3 Å². The quantitative estimate of drug-likeness (QED) is 0.259. The average Bonchev–Trinajstić information content (AvgIpc) is 3.34. The van der Waals surface area contributed by atoms with E-state index in [0.717, 1.165) is 53.9 Å². The maximum Gasteiger partial charge on any atom is 0.260 e. The molecular formula is C31H30N6O3. The lowest BCUT2D eigenvalue weighted by Gasteiger charge is -2.34. The van der Waals surface area contributed by atoms with E-state index in [1.54, 1.807) is 12.3 Å². The number of likely N-dealkylation sites (N-methyl/N-ethyl adjacent to an activating group) is 1. The summed E-state index contributed by atoms with van der Waals surface area (Å²) in [5, 5.41) is 6.64. The number of nitrogens with one attached hydrogen (secondary N) is 2. The predicted molar refractivity (Wildman–Crippen MR) is 157 cm³/mol. The van der Waals surface area contributed by atoms with E-state index in [9.17, 15) is 14.4 Å². The first-order valence-electron chi connectivity index (χ1n) is 13.2. The molecule has 40 heavy (non-hydrogen) atoms. The van der Waals surface area contributed by atoms with Crippen molar-refractivity contribution in [3.05, 3.63) is 90.3 Å². The highest BCUT2D eigenvalue weighted by molar-refractivity contribution is 6.31. The zero-order valence-corrected chi connectivity index (χ0v) is 22.2. The van der Waals surface area contributed by atoms with Crippen molar-refractivity contribution in [3.63, 3.8) is 0 Å². The second-order valence-corrected chi connectivity index (χ2v) is 10.3. The van der Waals surface area contributed by atoms with Gasteiger partial charge in [-0.3, -0.25) is 19.7 Å². The molecule has 202 valence electrons. The number of hydrogen-bond acceptors (Lipinski definition) is 6. The third-order valence-electron chi connectivity index (χ3n) is 7.58. The molecule has 4 N–H and O–H groups in total. The maximum absolute atomic E-state index is 12.9. The van der Waals surface area contributed by atoms with E-state index in [-0.39, 0.29) is 6.54 Å². The Hall–Kier alpha value is -4.89. The second kappa shape index (κ2) is 10.3. The molecule has 6 rings (SSSR count). The summed E-state index contributed by atoms with van der Waals surface area (Å²) < 4.78 is 1.81. The number of primary amides is 1. The first-order chi connectivity index (χ1) is 19.4. The van der Waals surface area contributed by atoms with Crippen molar-refractivity contribution in [3.8, 4) is 11.1 Å². The first kappa shape index (κ1) is 25.4. The summed E-state index contributed by atoms with van der Waals surface area (Å²) in [5.41, 5.74) is 11.5. The lowest BCUT2D eigenvalue weighted by Crippen LogP contribution is -2.44. The van der Waals surface area contributed by atoms with Gasteiger partial charge in [0, 0.05) is 72.0 Å². The highest BCUT2D eigenvalue weighted by atomic mass is 16.2. The van der Waals surface area contributed by atoms with Crippen LogP contribution in [0.1, 0.15) is 15.9 Å². The number of carbonyl (C=O) groups is 3. The molecular weight excluding hydrogens is 504 g/mol. The van der Waals surface area contributed by atoms with Gasteiger partial charge in [0.15, 0.2) is 0 Å². The first-order valence-corrected chi connectivity index (χ1v) is 13.2. The number of fused-ring (bicyclic) bond motifs is 2. The zero-order valence-electron chi connectivity index (χ0n) is 22.2. The van der Waals surface area contributed by atoms with Crippen molar-refractivity contribution in [1.82, 2.24) is 14.8 Å². The van der Waals surface area contributed by atoms with E-state index in [2.05, 4.69) is 39.6 Å². The second-order valence-electron chi connectivity index (χ2n) is 10.3. The minimum absolute atomic E-state index is 0.110. The molecule has 9 heteroatoms. The Morgan fingerprint density at radius 2 is 1.62 bits per heavy atom. The number of anilines is 2. The van der Waals surface area contributed by atoms with Gasteiger partial charge in [0.25, 0.3) is 11.8 Å². The van der Waals surface area contributed by atoms with Gasteiger partial charge in [0.1, 0.15) is 6.54 Å². The Morgan fingerprint density at radius 3 is 2.38 bits per heavy atom. The third-order valence-corrected chi connectivity index (χ3v) is 7.58. The largest absolute Gasteiger partial charge is 0.369 e. The van der Waals surface area contributed by atoms with Crippen molar-refractivity contribution < 1.29 is 14.4 Å². The fourth-order valence-corrected chi connectivity index (χ4v) is 5.32. The zero-order chi connectivity index (χ0) is 27.8. The Balaban J connectivity index is 1.27. The fourth-order valence-electron chi connectivity index (χ4n) is 5.32. The maximum atomic E-state index is 12.9. The van der Waals surface area contributed by atoms with Gasteiger partial charge in [0.2, 0.25) is 5.91 Å². The smallest absolute Gasteiger partial charge is 0.260 e. The van der Waals surface area contributed by atoms with Crippen molar-refractivity contribution in [2.24, 2.45) is 5.73 Å². The molecule has 1 saturated heterocycles. The molecule has 2 aliphatic rings. The molecule has 0 saturated carbocycles. The van der Waals surface area contributed by atoms with Crippen LogP contribution in [0.15, 0.2) is 79.1 Å². The van der Waals surface area contributed by atoms with Crippen molar-refractivity contribution in [1.29, 1.82) is 0 Å². The van der Waals surface area contributed by atoms with Gasteiger partial charge in [-0.15, -0.1) is 0 Å². The molecule has 3 amide bonds. The van der Waals surface area contributed by atoms with Crippen LogP contribution in [0.5, 0.6) is 0 Å². The number of hydrogen-bond donors (Lipinski definition) is 3. The number of amides is 3. The molecule has 4 aromatic rings. The number of nitrogens with two attached hydrogens (primary N) is 1. The Morgan fingerprint density at radius 1 is 0.900 bits per heavy atom. The molecule has 0 spiro atoms. The SMILES string of the molecule is CN1CCN(c2ccc(N/C=C3\C(=O)NC(=O)c4ccc(-c5ccc6c(ccn6CC(N)=O)c5)cc43)cc2)CC1. The number of nitrogens with zero attached hydrogens (tertiary/aromatic N) is 3. The van der Waals surface area contributed by atoms with Gasteiger partial charge in [-0.2, -0.15) is 0 Å². The van der Waals surface area contributed by atoms with Gasteiger partial charge in [-0.05, 0) is 72.8 Å². The van der Waals surface area contributed by atoms with Gasteiger partial charge in [-0.1, -0.05) is 12.1 Å². The number of benzene rings is 3. The summed E-state index contributed by atoms with van der Waals surface area (Å²) >= 11 is 0. The Bertz CT molecular complexity index is 1660. The lowest BCUT2D eigenvalue weighted by molar-refractivity contribution is -0.118. The monoisotopic (exact) mass is 534 g/mol. The van der Waals surface area contributed by atoms with Crippen LogP contribution in [0.4, 0.5) is 11.4 Å². The molecule has 0 aliphatic carbocycles. The van der Waals surface area contributed by atoms with Gasteiger partial charge >= 0.3 is 0 Å². The highest BCUT2D eigenvalue weighted by Crippen LogP contribution is 2.32. The minimum Gasteiger partial charge on any atom is -0.369 e. The Kier molecular flexibility index (Phi) is 6.57. The van der Waals surface area contributed by atoms with Crippen LogP contribution in [0.25, 0.3) is 27.6 Å². The molecule has 0 radical (unpaired) electrons. The van der Waals surface area contributed by atoms with Crippen LogP contribution in [0.3, 0.4) is 0 Å². The van der Waals surface area contributed by atoms with E-state index in [4.69, 9.17) is 5.73 Å². The number of imide groups is 1. The molecule has 0 unspecified atom stereocenters. The van der Waals surface area contributed by atoms with Crippen LogP contribution < -0.4 is 21.3 Å². The van der Waals surface area contributed by atoms with Crippen LogP contribution in [0.2, 0.25) is 0 Å². The van der Waals surface area contributed by atoms with Crippen LogP contribution >= 0.6 is 0 Å². The molecule has 0 atom stereocenters. The minimum atomic E-state index is -0.449. The fraction of sp³-hybridized carbons (Fsp3) is 0.194. The molecule has 0 bridgehead atoms. The molecule has 9 nitrogen and oxygen atoms in total.